The molecule has 1 N–H and O–H groups in total. The Bertz CT molecular complexity index is 763. The fourth-order valence-electron chi connectivity index (χ4n) is 1.70. The molecule has 0 radical (unpaired) electrons. The molecule has 0 saturated heterocycles. The molecular formula is C14H10Cl4N2O3S. The maximum Gasteiger partial charge on any atom is 0.288 e. The van der Waals surface area contributed by atoms with Crippen LogP contribution in [0.2, 0.25) is 20.4 Å². The highest BCUT2D eigenvalue weighted by molar-refractivity contribution is 8.14. The van der Waals surface area contributed by atoms with Crippen LogP contribution in [0.1, 0.15) is 0 Å². The Morgan fingerprint density at radius 2 is 1.71 bits per heavy atom. The van der Waals surface area contributed by atoms with Gasteiger partial charge in [0.15, 0.2) is 10.3 Å². The van der Waals surface area contributed by atoms with Gasteiger partial charge in [0.1, 0.15) is 11.5 Å². The van der Waals surface area contributed by atoms with Gasteiger partial charge in [-0.2, -0.15) is 0 Å². The van der Waals surface area contributed by atoms with Gasteiger partial charge in [0.2, 0.25) is 0 Å². The van der Waals surface area contributed by atoms with Crippen LogP contribution in [0.4, 0.5) is 10.5 Å². The predicted octanol–water partition coefficient (Wildman–Crippen LogP) is 6.04. The molecular weight excluding hydrogens is 418 g/mol. The lowest BCUT2D eigenvalue weighted by atomic mass is 10.3. The minimum Gasteiger partial charge on any atom is -0.497 e. The molecule has 2 aromatic rings. The number of methoxy groups -OCH3 is 2. The highest BCUT2D eigenvalue weighted by Crippen LogP contribution is 2.42. The van der Waals surface area contributed by atoms with E-state index in [0.29, 0.717) is 17.2 Å². The minimum atomic E-state index is -0.469. The molecule has 0 aliphatic carbocycles. The van der Waals surface area contributed by atoms with Crippen molar-refractivity contribution in [3.63, 3.8) is 0 Å². The maximum atomic E-state index is 12.3. The lowest BCUT2D eigenvalue weighted by Crippen LogP contribution is -2.07. The van der Waals surface area contributed by atoms with Crippen LogP contribution in [-0.4, -0.2) is 24.4 Å². The molecule has 0 unspecified atom stereocenters. The summed E-state index contributed by atoms with van der Waals surface area (Å²) in [6.07, 6.45) is 0. The van der Waals surface area contributed by atoms with Crippen molar-refractivity contribution < 1.29 is 14.3 Å². The molecule has 10 heteroatoms. The molecule has 0 spiro atoms. The van der Waals surface area contributed by atoms with Crippen molar-refractivity contribution in [2.45, 2.75) is 4.90 Å². The van der Waals surface area contributed by atoms with Crippen LogP contribution in [-0.2, 0) is 0 Å². The molecule has 1 amide bonds. The van der Waals surface area contributed by atoms with Crippen molar-refractivity contribution in [2.75, 3.05) is 19.5 Å². The SMILES string of the molecule is COc1ccc(OC)c(NC(=O)Sc2c(Cl)c(Cl)nc(Cl)c2Cl)c1. The second kappa shape index (κ2) is 8.36. The van der Waals surface area contributed by atoms with Crippen LogP contribution < -0.4 is 14.8 Å². The Morgan fingerprint density at radius 1 is 1.08 bits per heavy atom. The summed E-state index contributed by atoms with van der Waals surface area (Å²) >= 11 is 24.5. The molecule has 0 aliphatic heterocycles. The largest absolute Gasteiger partial charge is 0.497 e. The number of aromatic nitrogens is 1. The van der Waals surface area contributed by atoms with Gasteiger partial charge in [0, 0.05) is 6.07 Å². The van der Waals surface area contributed by atoms with Crippen LogP contribution in [0.15, 0.2) is 23.1 Å². The second-order valence-corrected chi connectivity index (χ2v) is 6.69. The van der Waals surface area contributed by atoms with Gasteiger partial charge in [-0.15, -0.1) is 0 Å². The van der Waals surface area contributed by atoms with Gasteiger partial charge in [-0.1, -0.05) is 46.4 Å². The average molecular weight is 428 g/mol. The molecule has 0 aliphatic rings. The number of benzene rings is 1. The van der Waals surface area contributed by atoms with Gasteiger partial charge in [0.05, 0.1) is 34.8 Å². The number of hydrogen-bond acceptors (Lipinski definition) is 5. The van der Waals surface area contributed by atoms with Crippen LogP contribution in [0.5, 0.6) is 11.5 Å². The van der Waals surface area contributed by atoms with Crippen molar-refractivity contribution in [3.8, 4) is 11.5 Å². The first kappa shape index (κ1) is 19.3. The van der Waals surface area contributed by atoms with Crippen LogP contribution in [0.3, 0.4) is 0 Å². The van der Waals surface area contributed by atoms with E-state index in [2.05, 4.69) is 10.3 Å². The maximum absolute atomic E-state index is 12.3. The van der Waals surface area contributed by atoms with E-state index in [1.54, 1.807) is 18.2 Å². The normalized spacial score (nSPS) is 10.4. The van der Waals surface area contributed by atoms with Crippen molar-refractivity contribution in [1.82, 2.24) is 4.98 Å². The van der Waals surface area contributed by atoms with Crippen molar-refractivity contribution in [1.29, 1.82) is 0 Å². The summed E-state index contributed by atoms with van der Waals surface area (Å²) in [4.78, 5) is 16.3. The number of anilines is 1. The van der Waals surface area contributed by atoms with Gasteiger partial charge in [-0.05, 0) is 23.9 Å². The topological polar surface area (TPSA) is 60.5 Å². The lowest BCUT2D eigenvalue weighted by molar-refractivity contribution is 0.269. The van der Waals surface area contributed by atoms with E-state index in [0.717, 1.165) is 11.8 Å². The monoisotopic (exact) mass is 426 g/mol. The van der Waals surface area contributed by atoms with Gasteiger partial charge < -0.3 is 14.8 Å². The van der Waals surface area contributed by atoms with E-state index in [1.807, 2.05) is 0 Å². The summed E-state index contributed by atoms with van der Waals surface area (Å²) in [6.45, 7) is 0. The highest BCUT2D eigenvalue weighted by atomic mass is 35.5. The van der Waals surface area contributed by atoms with E-state index < -0.39 is 5.24 Å². The van der Waals surface area contributed by atoms with Gasteiger partial charge in [-0.25, -0.2) is 4.98 Å². The molecule has 2 rings (SSSR count). The van der Waals surface area contributed by atoms with Crippen LogP contribution in [0, 0.1) is 0 Å². The number of ether oxygens (including phenoxy) is 2. The molecule has 128 valence electrons. The van der Waals surface area contributed by atoms with Gasteiger partial charge in [0.25, 0.3) is 5.24 Å². The quantitative estimate of drug-likeness (QED) is 0.476. The summed E-state index contributed by atoms with van der Waals surface area (Å²) in [5.41, 5.74) is 0.424. The standard InChI is InChI=1S/C14H10Cl4N2O3S/c1-22-6-3-4-8(23-2)7(5-6)19-14(21)24-11-9(15)12(17)20-13(18)10(11)16/h3-5H,1-2H3,(H,19,21). The number of nitrogens with one attached hydrogen (secondary N) is 1. The molecule has 0 fully saturated rings. The van der Waals surface area contributed by atoms with E-state index in [4.69, 9.17) is 55.9 Å². The Kier molecular flexibility index (Phi) is 6.71. The van der Waals surface area contributed by atoms with E-state index in [1.165, 1.54) is 14.2 Å². The first-order valence-corrected chi connectivity index (χ1v) is 8.61. The lowest BCUT2D eigenvalue weighted by Gasteiger charge is -2.12. The molecule has 0 bridgehead atoms. The summed E-state index contributed by atoms with van der Waals surface area (Å²) < 4.78 is 10.3. The number of pyridine rings is 1. The molecule has 1 aromatic heterocycles. The van der Waals surface area contributed by atoms with Crippen molar-refractivity contribution in [3.05, 3.63) is 38.6 Å². The number of halogens is 4. The summed E-state index contributed by atoms with van der Waals surface area (Å²) in [5.74, 6) is 1.02. The van der Waals surface area contributed by atoms with Gasteiger partial charge in [-0.3, -0.25) is 4.79 Å². The molecule has 0 saturated carbocycles. The fourth-order valence-corrected chi connectivity index (χ4v) is 3.48. The Morgan fingerprint density at radius 3 is 2.25 bits per heavy atom. The van der Waals surface area contributed by atoms with Crippen LogP contribution >= 0.6 is 58.2 Å². The van der Waals surface area contributed by atoms with Gasteiger partial charge >= 0.3 is 0 Å². The molecule has 5 nitrogen and oxygen atoms in total. The minimum absolute atomic E-state index is 0.0414. The molecule has 0 atom stereocenters. The van der Waals surface area contributed by atoms with Crippen molar-refractivity contribution in [2.24, 2.45) is 0 Å². The first-order valence-electron chi connectivity index (χ1n) is 6.28. The first-order chi connectivity index (χ1) is 11.4. The van der Waals surface area contributed by atoms with Crippen molar-refractivity contribution >= 4 is 69.1 Å². The third-order valence-electron chi connectivity index (χ3n) is 2.80. The van der Waals surface area contributed by atoms with E-state index in [-0.39, 0.29) is 25.2 Å². The average Bonchev–Trinajstić information content (AvgIpc) is 2.56. The molecule has 24 heavy (non-hydrogen) atoms. The third kappa shape index (κ3) is 4.32. The fraction of sp³-hybridized carbons (Fsp3) is 0.143. The number of thioether (sulfide) groups is 1. The Balaban J connectivity index is 2.27. The molecule has 1 heterocycles. The predicted molar refractivity (Wildman–Crippen MR) is 98.7 cm³/mol. The van der Waals surface area contributed by atoms with E-state index >= 15 is 0 Å². The molecule has 1 aromatic carbocycles. The number of carbonyl (C=O) groups is 1. The zero-order chi connectivity index (χ0) is 17.9. The zero-order valence-electron chi connectivity index (χ0n) is 12.3. The number of amides is 1. The Labute approximate surface area is 162 Å². The highest BCUT2D eigenvalue weighted by Gasteiger charge is 2.20. The summed E-state index contributed by atoms with van der Waals surface area (Å²) in [6, 6.07) is 4.99. The number of rotatable bonds is 4. The zero-order valence-corrected chi connectivity index (χ0v) is 16.2. The second-order valence-electron chi connectivity index (χ2n) is 4.23. The third-order valence-corrected chi connectivity index (χ3v) is 5.40. The smallest absolute Gasteiger partial charge is 0.288 e. The number of hydrogen-bond donors (Lipinski definition) is 1. The Hall–Kier alpha value is -1.05. The summed E-state index contributed by atoms with van der Waals surface area (Å²) in [7, 11) is 3.00. The van der Waals surface area contributed by atoms with Crippen LogP contribution in [0.25, 0.3) is 0 Å². The van der Waals surface area contributed by atoms with E-state index in [9.17, 15) is 4.79 Å². The number of carbonyl (C=O) groups excluding carboxylic acids is 1. The summed E-state index contributed by atoms with van der Waals surface area (Å²) in [5, 5.41) is 2.21. The number of nitrogens with zero attached hydrogens (tertiary/aromatic N) is 1.